The van der Waals surface area contributed by atoms with Crippen LogP contribution in [0.1, 0.15) is 18.1 Å². The van der Waals surface area contributed by atoms with E-state index in [2.05, 4.69) is 12.2 Å². The largest absolute Gasteiger partial charge is 0.322 e. The summed E-state index contributed by atoms with van der Waals surface area (Å²) in [6, 6.07) is 15.1. The molecule has 0 fully saturated rings. The van der Waals surface area contributed by atoms with Gasteiger partial charge in [0.05, 0.1) is 0 Å². The summed E-state index contributed by atoms with van der Waals surface area (Å²) in [5, 5.41) is 3.58. The fraction of sp³-hybridized carbons (Fsp3) is 0.118. The molecular formula is C17H16ClNO. The van der Waals surface area contributed by atoms with Crippen LogP contribution >= 0.6 is 11.6 Å². The number of hydrogen-bond donors (Lipinski definition) is 1. The Balaban J connectivity index is 2.03. The SMILES string of the molecule is CCc1ccccc1NC(=O)/C=C/c1ccc(Cl)cc1. The fourth-order valence-electron chi connectivity index (χ4n) is 1.87. The van der Waals surface area contributed by atoms with E-state index in [1.165, 1.54) is 6.08 Å². The van der Waals surface area contributed by atoms with Gasteiger partial charge in [0.1, 0.15) is 0 Å². The number of halogens is 1. The molecule has 2 rings (SSSR count). The van der Waals surface area contributed by atoms with Crippen LogP contribution < -0.4 is 5.32 Å². The minimum atomic E-state index is -0.138. The van der Waals surface area contributed by atoms with Crippen LogP contribution in [0.25, 0.3) is 6.08 Å². The van der Waals surface area contributed by atoms with E-state index in [-0.39, 0.29) is 5.91 Å². The molecule has 0 atom stereocenters. The molecule has 0 saturated carbocycles. The van der Waals surface area contributed by atoms with Crippen LogP contribution in [-0.2, 0) is 11.2 Å². The van der Waals surface area contributed by atoms with Crippen LogP contribution in [-0.4, -0.2) is 5.91 Å². The Morgan fingerprint density at radius 3 is 2.55 bits per heavy atom. The third-order valence-corrected chi connectivity index (χ3v) is 3.21. The maximum Gasteiger partial charge on any atom is 0.248 e. The van der Waals surface area contributed by atoms with Gasteiger partial charge in [0.15, 0.2) is 0 Å². The van der Waals surface area contributed by atoms with Gasteiger partial charge in [-0.05, 0) is 41.8 Å². The van der Waals surface area contributed by atoms with Crippen LogP contribution in [0.5, 0.6) is 0 Å². The topological polar surface area (TPSA) is 29.1 Å². The Hall–Kier alpha value is -2.06. The molecule has 1 N–H and O–H groups in total. The summed E-state index contributed by atoms with van der Waals surface area (Å²) in [6.07, 6.45) is 4.17. The number of carbonyl (C=O) groups excluding carboxylic acids is 1. The van der Waals surface area contributed by atoms with Crippen molar-refractivity contribution in [3.8, 4) is 0 Å². The highest BCUT2D eigenvalue weighted by Gasteiger charge is 2.02. The van der Waals surface area contributed by atoms with Crippen LogP contribution in [0, 0.1) is 0 Å². The van der Waals surface area contributed by atoms with Crippen molar-refractivity contribution in [1.29, 1.82) is 0 Å². The predicted octanol–water partition coefficient (Wildman–Crippen LogP) is 4.55. The Kier molecular flexibility index (Phi) is 4.97. The number of aryl methyl sites for hydroxylation is 1. The molecule has 0 unspecified atom stereocenters. The fourth-order valence-corrected chi connectivity index (χ4v) is 2.00. The molecule has 2 nitrogen and oxygen atoms in total. The molecule has 1 amide bonds. The zero-order valence-corrected chi connectivity index (χ0v) is 12.0. The molecule has 102 valence electrons. The first kappa shape index (κ1) is 14.4. The number of para-hydroxylation sites is 1. The molecule has 0 radical (unpaired) electrons. The zero-order valence-electron chi connectivity index (χ0n) is 11.3. The van der Waals surface area contributed by atoms with E-state index < -0.39 is 0 Å². The van der Waals surface area contributed by atoms with E-state index in [1.54, 1.807) is 18.2 Å². The van der Waals surface area contributed by atoms with Crippen molar-refractivity contribution in [1.82, 2.24) is 0 Å². The van der Waals surface area contributed by atoms with Crippen LogP contribution in [0.2, 0.25) is 5.02 Å². The van der Waals surface area contributed by atoms with Gasteiger partial charge in [-0.3, -0.25) is 4.79 Å². The first-order chi connectivity index (χ1) is 9.69. The maximum absolute atomic E-state index is 11.9. The van der Waals surface area contributed by atoms with Crippen molar-refractivity contribution in [3.63, 3.8) is 0 Å². The smallest absolute Gasteiger partial charge is 0.248 e. The first-order valence-corrected chi connectivity index (χ1v) is 6.89. The second-order valence-electron chi connectivity index (χ2n) is 4.38. The normalized spacial score (nSPS) is 10.7. The summed E-state index contributed by atoms with van der Waals surface area (Å²) < 4.78 is 0. The molecule has 2 aromatic carbocycles. The van der Waals surface area contributed by atoms with Crippen molar-refractivity contribution in [2.24, 2.45) is 0 Å². The Morgan fingerprint density at radius 1 is 1.15 bits per heavy atom. The maximum atomic E-state index is 11.9. The van der Waals surface area contributed by atoms with Gasteiger partial charge in [0.2, 0.25) is 5.91 Å². The lowest BCUT2D eigenvalue weighted by atomic mass is 10.1. The van der Waals surface area contributed by atoms with Gasteiger partial charge in [0.25, 0.3) is 0 Å². The molecule has 2 aromatic rings. The second-order valence-corrected chi connectivity index (χ2v) is 4.82. The number of amides is 1. The summed E-state index contributed by atoms with van der Waals surface area (Å²) in [4.78, 5) is 11.9. The number of nitrogens with one attached hydrogen (secondary N) is 1. The molecule has 0 aromatic heterocycles. The Labute approximate surface area is 124 Å². The molecule has 0 bridgehead atoms. The average Bonchev–Trinajstić information content (AvgIpc) is 2.47. The van der Waals surface area contributed by atoms with E-state index in [1.807, 2.05) is 36.4 Å². The van der Waals surface area contributed by atoms with Crippen molar-refractivity contribution >= 4 is 29.3 Å². The summed E-state index contributed by atoms with van der Waals surface area (Å²) in [5.74, 6) is -0.138. The predicted molar refractivity (Wildman–Crippen MR) is 84.9 cm³/mol. The van der Waals surface area contributed by atoms with E-state index in [9.17, 15) is 4.79 Å². The minimum Gasteiger partial charge on any atom is -0.322 e. The van der Waals surface area contributed by atoms with Crippen molar-refractivity contribution < 1.29 is 4.79 Å². The summed E-state index contributed by atoms with van der Waals surface area (Å²) >= 11 is 5.81. The Morgan fingerprint density at radius 2 is 1.85 bits per heavy atom. The van der Waals surface area contributed by atoms with Gasteiger partial charge in [0, 0.05) is 16.8 Å². The van der Waals surface area contributed by atoms with Gasteiger partial charge in [-0.2, -0.15) is 0 Å². The third-order valence-electron chi connectivity index (χ3n) is 2.95. The number of anilines is 1. The number of rotatable bonds is 4. The highest BCUT2D eigenvalue weighted by atomic mass is 35.5. The van der Waals surface area contributed by atoms with Crippen LogP contribution in [0.4, 0.5) is 5.69 Å². The van der Waals surface area contributed by atoms with Gasteiger partial charge < -0.3 is 5.32 Å². The van der Waals surface area contributed by atoms with E-state index in [0.717, 1.165) is 23.2 Å². The quantitative estimate of drug-likeness (QED) is 0.820. The molecule has 20 heavy (non-hydrogen) atoms. The molecule has 0 spiro atoms. The van der Waals surface area contributed by atoms with Gasteiger partial charge in [-0.25, -0.2) is 0 Å². The molecular weight excluding hydrogens is 270 g/mol. The lowest BCUT2D eigenvalue weighted by molar-refractivity contribution is -0.111. The summed E-state index contributed by atoms with van der Waals surface area (Å²) in [5.41, 5.74) is 2.93. The number of benzene rings is 2. The monoisotopic (exact) mass is 285 g/mol. The van der Waals surface area contributed by atoms with E-state index in [0.29, 0.717) is 5.02 Å². The van der Waals surface area contributed by atoms with Gasteiger partial charge >= 0.3 is 0 Å². The molecule has 3 heteroatoms. The minimum absolute atomic E-state index is 0.138. The van der Waals surface area contributed by atoms with Gasteiger partial charge in [-0.15, -0.1) is 0 Å². The van der Waals surface area contributed by atoms with E-state index in [4.69, 9.17) is 11.6 Å². The average molecular weight is 286 g/mol. The number of hydrogen-bond acceptors (Lipinski definition) is 1. The molecule has 0 aliphatic heterocycles. The zero-order chi connectivity index (χ0) is 14.4. The van der Waals surface area contributed by atoms with Crippen LogP contribution in [0.15, 0.2) is 54.6 Å². The molecule has 0 aliphatic rings. The Bertz CT molecular complexity index is 617. The lowest BCUT2D eigenvalue weighted by Crippen LogP contribution is -2.09. The standard InChI is InChI=1S/C17H16ClNO/c1-2-14-5-3-4-6-16(14)19-17(20)12-9-13-7-10-15(18)11-8-13/h3-12H,2H2,1H3,(H,19,20)/b12-9+. The molecule has 0 heterocycles. The third kappa shape index (κ3) is 3.97. The number of carbonyl (C=O) groups is 1. The lowest BCUT2D eigenvalue weighted by Gasteiger charge is -2.07. The summed E-state index contributed by atoms with van der Waals surface area (Å²) in [6.45, 7) is 2.06. The second kappa shape index (κ2) is 6.92. The highest BCUT2D eigenvalue weighted by molar-refractivity contribution is 6.30. The van der Waals surface area contributed by atoms with Crippen LogP contribution in [0.3, 0.4) is 0 Å². The molecule has 0 saturated heterocycles. The first-order valence-electron chi connectivity index (χ1n) is 6.51. The van der Waals surface area contributed by atoms with Crippen molar-refractivity contribution in [2.45, 2.75) is 13.3 Å². The van der Waals surface area contributed by atoms with E-state index >= 15 is 0 Å². The van der Waals surface area contributed by atoms with Gasteiger partial charge in [-0.1, -0.05) is 48.9 Å². The van der Waals surface area contributed by atoms with Crippen molar-refractivity contribution in [2.75, 3.05) is 5.32 Å². The summed E-state index contributed by atoms with van der Waals surface area (Å²) in [7, 11) is 0. The van der Waals surface area contributed by atoms with Crippen molar-refractivity contribution in [3.05, 3.63) is 70.8 Å². The highest BCUT2D eigenvalue weighted by Crippen LogP contribution is 2.15. The molecule has 0 aliphatic carbocycles.